The lowest BCUT2D eigenvalue weighted by molar-refractivity contribution is -0.135. The van der Waals surface area contributed by atoms with E-state index in [2.05, 4.69) is 25.0 Å². The molecule has 0 N–H and O–H groups in total. The van der Waals surface area contributed by atoms with E-state index in [-0.39, 0.29) is 11.3 Å². The summed E-state index contributed by atoms with van der Waals surface area (Å²) in [5.41, 5.74) is 1.42. The van der Waals surface area contributed by atoms with Gasteiger partial charge in [-0.2, -0.15) is 4.98 Å². The van der Waals surface area contributed by atoms with Crippen molar-refractivity contribution in [3.8, 4) is 11.5 Å². The summed E-state index contributed by atoms with van der Waals surface area (Å²) < 4.78 is 5.20. The van der Waals surface area contributed by atoms with Gasteiger partial charge in [-0.1, -0.05) is 11.2 Å². The van der Waals surface area contributed by atoms with Gasteiger partial charge in [0.25, 0.3) is 5.89 Å². The van der Waals surface area contributed by atoms with Gasteiger partial charge in [0.15, 0.2) is 5.82 Å². The zero-order chi connectivity index (χ0) is 19.8. The molecule has 0 radical (unpaired) electrons. The molecule has 5 heterocycles. The number of hydrogen-bond donors (Lipinski definition) is 0. The average Bonchev–Trinajstić information content (AvgIpc) is 3.46. The average molecular weight is 390 g/mol. The lowest BCUT2D eigenvalue weighted by Crippen LogP contribution is -2.36. The molecule has 2 aliphatic rings. The van der Waals surface area contributed by atoms with E-state index >= 15 is 0 Å². The van der Waals surface area contributed by atoms with Crippen LogP contribution >= 0.6 is 0 Å². The summed E-state index contributed by atoms with van der Waals surface area (Å²) in [6.45, 7) is 4.68. The number of carbonyl (C=O) groups is 1. The molecule has 0 saturated carbocycles. The van der Waals surface area contributed by atoms with Gasteiger partial charge in [0.1, 0.15) is 5.82 Å². The molecular formula is C21H22N6O2. The van der Waals surface area contributed by atoms with Crippen molar-refractivity contribution >= 4 is 11.7 Å². The molecule has 8 heteroatoms. The smallest absolute Gasteiger partial charge is 0.259 e. The first kappa shape index (κ1) is 17.8. The number of carbonyl (C=O) groups excluding carboxylic acids is 1. The summed E-state index contributed by atoms with van der Waals surface area (Å²) in [4.78, 5) is 30.5. The van der Waals surface area contributed by atoms with E-state index in [9.17, 15) is 4.79 Å². The Bertz CT molecular complexity index is 1020. The Balaban J connectivity index is 1.28. The molecule has 1 spiro atoms. The summed E-state index contributed by atoms with van der Waals surface area (Å²) in [5, 5.41) is 3.82. The van der Waals surface area contributed by atoms with E-state index in [4.69, 9.17) is 4.52 Å². The number of rotatable bonds is 4. The van der Waals surface area contributed by atoms with Gasteiger partial charge < -0.3 is 14.3 Å². The predicted molar refractivity (Wildman–Crippen MR) is 106 cm³/mol. The van der Waals surface area contributed by atoms with Gasteiger partial charge in [-0.15, -0.1) is 0 Å². The Morgan fingerprint density at radius 1 is 1.14 bits per heavy atom. The van der Waals surface area contributed by atoms with Gasteiger partial charge in [-0.05, 0) is 44.0 Å². The number of anilines is 1. The lowest BCUT2D eigenvalue weighted by Gasteiger charge is -2.24. The van der Waals surface area contributed by atoms with Gasteiger partial charge in [0, 0.05) is 32.0 Å². The van der Waals surface area contributed by atoms with Crippen molar-refractivity contribution in [1.29, 1.82) is 0 Å². The third-order valence-electron chi connectivity index (χ3n) is 5.88. The number of pyridine rings is 2. The predicted octanol–water partition coefficient (Wildman–Crippen LogP) is 2.46. The Morgan fingerprint density at radius 2 is 2.03 bits per heavy atom. The summed E-state index contributed by atoms with van der Waals surface area (Å²) >= 11 is 0. The highest BCUT2D eigenvalue weighted by molar-refractivity contribution is 5.86. The Labute approximate surface area is 168 Å². The van der Waals surface area contributed by atoms with Crippen LogP contribution in [-0.4, -0.2) is 50.5 Å². The first-order valence-corrected chi connectivity index (χ1v) is 9.84. The molecule has 5 rings (SSSR count). The molecule has 1 atom stereocenters. The fraction of sp³-hybridized carbons (Fsp3) is 0.381. The van der Waals surface area contributed by atoms with Crippen LogP contribution in [0, 0.1) is 12.3 Å². The highest BCUT2D eigenvalue weighted by Gasteiger charge is 2.50. The van der Waals surface area contributed by atoms with Gasteiger partial charge in [0.05, 0.1) is 23.2 Å². The standard InChI is InChI=1S/C21H22N6O2/c1-15-24-19(29-25-15)16-5-6-18(23-12-16)27-11-8-21(14-27)7-10-26(20(21)28)13-17-4-2-3-9-22-17/h2-6,9,12H,7-8,10-11,13-14H2,1H3. The fourth-order valence-corrected chi connectivity index (χ4v) is 4.29. The van der Waals surface area contributed by atoms with E-state index in [1.807, 2.05) is 35.2 Å². The molecule has 148 valence electrons. The minimum atomic E-state index is -0.307. The SMILES string of the molecule is Cc1noc(-c2ccc(N3CCC4(CCN(Cc5ccccn5)C4=O)C3)nc2)n1. The molecule has 2 aliphatic heterocycles. The molecule has 0 bridgehead atoms. The minimum absolute atomic E-state index is 0.239. The van der Waals surface area contributed by atoms with Gasteiger partial charge in [-0.3, -0.25) is 9.78 Å². The summed E-state index contributed by atoms with van der Waals surface area (Å²) in [6, 6.07) is 9.71. The fourth-order valence-electron chi connectivity index (χ4n) is 4.29. The quantitative estimate of drug-likeness (QED) is 0.676. The van der Waals surface area contributed by atoms with E-state index in [0.29, 0.717) is 24.8 Å². The maximum absolute atomic E-state index is 13.2. The van der Waals surface area contributed by atoms with Crippen LogP contribution in [0.5, 0.6) is 0 Å². The van der Waals surface area contributed by atoms with Crippen LogP contribution in [0.1, 0.15) is 24.4 Å². The molecule has 29 heavy (non-hydrogen) atoms. The molecule has 3 aromatic rings. The lowest BCUT2D eigenvalue weighted by atomic mass is 9.85. The Morgan fingerprint density at radius 3 is 2.76 bits per heavy atom. The Kier molecular flexibility index (Phi) is 4.26. The number of likely N-dealkylation sites (tertiary alicyclic amines) is 1. The number of nitrogens with zero attached hydrogens (tertiary/aromatic N) is 6. The second kappa shape index (κ2) is 6.95. The van der Waals surface area contributed by atoms with Crippen LogP contribution in [0.15, 0.2) is 47.2 Å². The zero-order valence-corrected chi connectivity index (χ0v) is 16.3. The summed E-state index contributed by atoms with van der Waals surface area (Å²) in [7, 11) is 0. The van der Waals surface area contributed by atoms with Crippen molar-refractivity contribution < 1.29 is 9.32 Å². The van der Waals surface area contributed by atoms with Crippen LogP contribution in [0.3, 0.4) is 0 Å². The second-order valence-corrected chi connectivity index (χ2v) is 7.80. The van der Waals surface area contributed by atoms with Crippen LogP contribution < -0.4 is 4.90 Å². The highest BCUT2D eigenvalue weighted by atomic mass is 16.5. The van der Waals surface area contributed by atoms with Crippen molar-refractivity contribution in [1.82, 2.24) is 25.0 Å². The number of aromatic nitrogens is 4. The monoisotopic (exact) mass is 390 g/mol. The number of hydrogen-bond acceptors (Lipinski definition) is 7. The molecule has 0 aromatic carbocycles. The maximum Gasteiger partial charge on any atom is 0.259 e. The number of amides is 1. The van der Waals surface area contributed by atoms with Gasteiger partial charge in [0.2, 0.25) is 5.91 Å². The van der Waals surface area contributed by atoms with E-state index in [0.717, 1.165) is 43.0 Å². The zero-order valence-electron chi connectivity index (χ0n) is 16.3. The van der Waals surface area contributed by atoms with Crippen LogP contribution in [0.2, 0.25) is 0 Å². The first-order chi connectivity index (χ1) is 14.1. The Hall–Kier alpha value is -3.29. The highest BCUT2D eigenvalue weighted by Crippen LogP contribution is 2.42. The van der Waals surface area contributed by atoms with Crippen molar-refractivity contribution in [3.63, 3.8) is 0 Å². The second-order valence-electron chi connectivity index (χ2n) is 7.80. The van der Waals surface area contributed by atoms with Crippen molar-refractivity contribution in [2.45, 2.75) is 26.3 Å². The third kappa shape index (κ3) is 3.24. The van der Waals surface area contributed by atoms with Crippen molar-refractivity contribution in [3.05, 3.63) is 54.2 Å². The van der Waals surface area contributed by atoms with Crippen LogP contribution in [-0.2, 0) is 11.3 Å². The molecule has 2 saturated heterocycles. The molecular weight excluding hydrogens is 368 g/mol. The molecule has 0 aliphatic carbocycles. The molecule has 1 amide bonds. The molecule has 2 fully saturated rings. The topological polar surface area (TPSA) is 88.3 Å². The van der Waals surface area contributed by atoms with Gasteiger partial charge >= 0.3 is 0 Å². The van der Waals surface area contributed by atoms with E-state index in [1.165, 1.54) is 0 Å². The normalized spacial score (nSPS) is 21.5. The van der Waals surface area contributed by atoms with Crippen molar-refractivity contribution in [2.75, 3.05) is 24.5 Å². The molecule has 8 nitrogen and oxygen atoms in total. The summed E-state index contributed by atoms with van der Waals surface area (Å²) in [5.74, 6) is 2.18. The van der Waals surface area contributed by atoms with Crippen LogP contribution in [0.4, 0.5) is 5.82 Å². The third-order valence-corrected chi connectivity index (χ3v) is 5.88. The van der Waals surface area contributed by atoms with Crippen LogP contribution in [0.25, 0.3) is 11.5 Å². The largest absolute Gasteiger partial charge is 0.356 e. The number of aryl methyl sites for hydroxylation is 1. The minimum Gasteiger partial charge on any atom is -0.356 e. The van der Waals surface area contributed by atoms with Crippen molar-refractivity contribution in [2.24, 2.45) is 5.41 Å². The molecule has 3 aromatic heterocycles. The van der Waals surface area contributed by atoms with E-state index in [1.54, 1.807) is 19.3 Å². The van der Waals surface area contributed by atoms with Gasteiger partial charge in [-0.25, -0.2) is 4.98 Å². The van der Waals surface area contributed by atoms with E-state index < -0.39 is 0 Å². The maximum atomic E-state index is 13.2. The summed E-state index contributed by atoms with van der Waals surface area (Å²) in [6.07, 6.45) is 5.26. The molecule has 1 unspecified atom stereocenters. The first-order valence-electron chi connectivity index (χ1n) is 9.84.